The number of hydrogen-bond donors (Lipinski definition) is 2. The van der Waals surface area contributed by atoms with Crippen LogP contribution in [0.1, 0.15) is 22.4 Å². The fourth-order valence-electron chi connectivity index (χ4n) is 4.02. The first-order chi connectivity index (χ1) is 15.5. The maximum atomic E-state index is 13.3. The summed E-state index contributed by atoms with van der Waals surface area (Å²) >= 11 is 1.61. The average molecular weight is 446 g/mol. The van der Waals surface area contributed by atoms with Crippen LogP contribution in [0.2, 0.25) is 0 Å². The zero-order chi connectivity index (χ0) is 22.5. The van der Waals surface area contributed by atoms with E-state index in [4.69, 9.17) is 0 Å². The van der Waals surface area contributed by atoms with Crippen molar-refractivity contribution in [2.45, 2.75) is 32.4 Å². The van der Waals surface area contributed by atoms with Crippen molar-refractivity contribution in [3.63, 3.8) is 0 Å². The van der Waals surface area contributed by atoms with E-state index in [-0.39, 0.29) is 18.2 Å². The predicted octanol–water partition coefficient (Wildman–Crippen LogP) is 4.47. The SMILES string of the molecule is Cc1[nH]c2ccccc2c1CC(=O)NC(Cc1ccccc1)C(=O)N(C)Cc1ccsc1. The second-order valence-electron chi connectivity index (χ2n) is 8.09. The quantitative estimate of drug-likeness (QED) is 0.420. The average Bonchev–Trinajstić information content (AvgIpc) is 3.41. The van der Waals surface area contributed by atoms with E-state index in [1.54, 1.807) is 23.3 Å². The number of para-hydroxylation sites is 1. The Kier molecular flexibility index (Phi) is 6.71. The Morgan fingerprint density at radius 1 is 1.03 bits per heavy atom. The van der Waals surface area contributed by atoms with Crippen molar-refractivity contribution < 1.29 is 9.59 Å². The number of nitrogens with one attached hydrogen (secondary N) is 2. The molecule has 0 aliphatic carbocycles. The van der Waals surface area contributed by atoms with Crippen LogP contribution in [0, 0.1) is 6.92 Å². The van der Waals surface area contributed by atoms with Crippen molar-refractivity contribution in [3.05, 3.63) is 93.8 Å². The third kappa shape index (κ3) is 5.08. The summed E-state index contributed by atoms with van der Waals surface area (Å²) in [5, 5.41) is 8.09. The molecule has 0 bridgehead atoms. The summed E-state index contributed by atoms with van der Waals surface area (Å²) in [5.41, 5.74) is 5.06. The molecule has 1 unspecified atom stereocenters. The summed E-state index contributed by atoms with van der Waals surface area (Å²) in [6, 6.07) is 19.2. The number of benzene rings is 2. The number of hydrogen-bond acceptors (Lipinski definition) is 3. The van der Waals surface area contributed by atoms with Crippen molar-refractivity contribution >= 4 is 34.1 Å². The largest absolute Gasteiger partial charge is 0.358 e. The van der Waals surface area contributed by atoms with E-state index in [0.29, 0.717) is 13.0 Å². The predicted molar refractivity (Wildman–Crippen MR) is 130 cm³/mol. The van der Waals surface area contributed by atoms with Gasteiger partial charge in [-0.2, -0.15) is 11.3 Å². The topological polar surface area (TPSA) is 65.2 Å². The van der Waals surface area contributed by atoms with E-state index >= 15 is 0 Å². The van der Waals surface area contributed by atoms with Crippen LogP contribution in [0.25, 0.3) is 10.9 Å². The molecule has 4 aromatic rings. The minimum atomic E-state index is -0.626. The summed E-state index contributed by atoms with van der Waals surface area (Å²) in [5.74, 6) is -0.250. The summed E-state index contributed by atoms with van der Waals surface area (Å²) in [7, 11) is 1.79. The summed E-state index contributed by atoms with van der Waals surface area (Å²) < 4.78 is 0. The molecule has 164 valence electrons. The highest BCUT2D eigenvalue weighted by Gasteiger charge is 2.25. The van der Waals surface area contributed by atoms with Gasteiger partial charge in [-0.3, -0.25) is 9.59 Å². The van der Waals surface area contributed by atoms with Crippen molar-refractivity contribution in [3.8, 4) is 0 Å². The molecule has 0 fully saturated rings. The van der Waals surface area contributed by atoms with Crippen LogP contribution < -0.4 is 5.32 Å². The van der Waals surface area contributed by atoms with Gasteiger partial charge < -0.3 is 15.2 Å². The molecule has 0 aliphatic rings. The Bertz CT molecular complexity index is 1200. The second kappa shape index (κ2) is 9.83. The van der Waals surface area contributed by atoms with Gasteiger partial charge in [-0.15, -0.1) is 0 Å². The van der Waals surface area contributed by atoms with Gasteiger partial charge in [0.05, 0.1) is 6.42 Å². The molecular weight excluding hydrogens is 418 g/mol. The number of fused-ring (bicyclic) bond motifs is 1. The smallest absolute Gasteiger partial charge is 0.245 e. The summed E-state index contributed by atoms with van der Waals surface area (Å²) in [6.45, 7) is 2.49. The van der Waals surface area contributed by atoms with E-state index in [9.17, 15) is 9.59 Å². The Hall–Kier alpha value is -3.38. The number of carbonyl (C=O) groups is 2. The van der Waals surface area contributed by atoms with Crippen LogP contribution in [0.15, 0.2) is 71.4 Å². The number of aromatic nitrogens is 1. The van der Waals surface area contributed by atoms with Crippen molar-refractivity contribution in [1.82, 2.24) is 15.2 Å². The highest BCUT2D eigenvalue weighted by Crippen LogP contribution is 2.22. The minimum Gasteiger partial charge on any atom is -0.358 e. The molecule has 2 heterocycles. The monoisotopic (exact) mass is 445 g/mol. The van der Waals surface area contributed by atoms with Gasteiger partial charge in [0, 0.05) is 36.6 Å². The number of carbonyl (C=O) groups excluding carboxylic acids is 2. The molecule has 2 aromatic heterocycles. The van der Waals surface area contributed by atoms with Crippen LogP contribution >= 0.6 is 11.3 Å². The van der Waals surface area contributed by atoms with Gasteiger partial charge in [0.2, 0.25) is 11.8 Å². The first-order valence-corrected chi connectivity index (χ1v) is 11.6. The van der Waals surface area contributed by atoms with Gasteiger partial charge in [-0.1, -0.05) is 48.5 Å². The van der Waals surface area contributed by atoms with E-state index in [2.05, 4.69) is 10.3 Å². The molecule has 1 atom stereocenters. The molecule has 0 radical (unpaired) electrons. The number of amides is 2. The molecule has 0 spiro atoms. The number of H-pyrrole nitrogens is 1. The molecule has 6 heteroatoms. The zero-order valence-electron chi connectivity index (χ0n) is 18.3. The molecule has 2 N–H and O–H groups in total. The highest BCUT2D eigenvalue weighted by molar-refractivity contribution is 7.07. The van der Waals surface area contributed by atoms with Crippen LogP contribution in [0.4, 0.5) is 0 Å². The molecule has 4 rings (SSSR count). The lowest BCUT2D eigenvalue weighted by atomic mass is 10.0. The summed E-state index contributed by atoms with van der Waals surface area (Å²) in [4.78, 5) is 31.4. The number of aromatic amines is 1. The Morgan fingerprint density at radius 2 is 1.78 bits per heavy atom. The first-order valence-electron chi connectivity index (χ1n) is 10.7. The minimum absolute atomic E-state index is 0.0935. The van der Waals surface area contributed by atoms with Crippen molar-refractivity contribution in [1.29, 1.82) is 0 Å². The molecular formula is C26H27N3O2S. The third-order valence-electron chi connectivity index (χ3n) is 5.66. The van der Waals surface area contributed by atoms with Crippen LogP contribution in [0.3, 0.4) is 0 Å². The Labute approximate surface area is 192 Å². The van der Waals surface area contributed by atoms with E-state index in [1.807, 2.05) is 78.3 Å². The number of thiophene rings is 1. The van der Waals surface area contributed by atoms with Crippen LogP contribution in [-0.4, -0.2) is 34.8 Å². The van der Waals surface area contributed by atoms with Gasteiger partial charge in [0.15, 0.2) is 0 Å². The van der Waals surface area contributed by atoms with Gasteiger partial charge in [-0.25, -0.2) is 0 Å². The maximum absolute atomic E-state index is 13.3. The second-order valence-corrected chi connectivity index (χ2v) is 8.87. The molecule has 0 saturated carbocycles. The molecule has 2 aromatic carbocycles. The normalized spacial score (nSPS) is 11.9. The number of nitrogens with zero attached hydrogens (tertiary/aromatic N) is 1. The standard InChI is InChI=1S/C26H27N3O2S/c1-18-22(21-10-6-7-11-23(21)27-18)15-25(30)28-24(14-19-8-4-3-5-9-19)26(31)29(2)16-20-12-13-32-17-20/h3-13,17,24,27H,14-16H2,1-2H3,(H,28,30). The zero-order valence-corrected chi connectivity index (χ0v) is 19.1. The van der Waals surface area contributed by atoms with E-state index < -0.39 is 6.04 Å². The fourth-order valence-corrected chi connectivity index (χ4v) is 4.68. The Balaban J connectivity index is 1.51. The van der Waals surface area contributed by atoms with E-state index in [0.717, 1.165) is 33.3 Å². The first kappa shape index (κ1) is 21.8. The number of likely N-dealkylation sites (N-methyl/N-ethyl adjacent to an activating group) is 1. The molecule has 32 heavy (non-hydrogen) atoms. The summed E-state index contributed by atoms with van der Waals surface area (Å²) in [6.07, 6.45) is 0.676. The third-order valence-corrected chi connectivity index (χ3v) is 6.39. The van der Waals surface area contributed by atoms with Gasteiger partial charge in [0.25, 0.3) is 0 Å². The maximum Gasteiger partial charge on any atom is 0.245 e. The Morgan fingerprint density at radius 3 is 2.53 bits per heavy atom. The molecule has 5 nitrogen and oxygen atoms in total. The van der Waals surface area contributed by atoms with Gasteiger partial charge in [-0.05, 0) is 46.5 Å². The van der Waals surface area contributed by atoms with Crippen LogP contribution in [0.5, 0.6) is 0 Å². The fraction of sp³-hybridized carbons (Fsp3) is 0.231. The molecule has 0 aliphatic heterocycles. The van der Waals surface area contributed by atoms with Crippen molar-refractivity contribution in [2.75, 3.05) is 7.05 Å². The lowest BCUT2D eigenvalue weighted by Crippen LogP contribution is -2.48. The number of aryl methyl sites for hydroxylation is 1. The van der Waals surface area contributed by atoms with Gasteiger partial charge in [0.1, 0.15) is 6.04 Å². The molecule has 2 amide bonds. The molecule has 0 saturated heterocycles. The van der Waals surface area contributed by atoms with E-state index in [1.165, 1.54) is 0 Å². The highest BCUT2D eigenvalue weighted by atomic mass is 32.1. The lowest BCUT2D eigenvalue weighted by molar-refractivity contribution is -0.135. The van der Waals surface area contributed by atoms with Gasteiger partial charge >= 0.3 is 0 Å². The van der Waals surface area contributed by atoms with Crippen molar-refractivity contribution in [2.24, 2.45) is 0 Å². The lowest BCUT2D eigenvalue weighted by Gasteiger charge is -2.25. The van der Waals surface area contributed by atoms with Crippen LogP contribution in [-0.2, 0) is 29.0 Å². The number of rotatable bonds is 8.